The van der Waals surface area contributed by atoms with Crippen molar-refractivity contribution in [3.63, 3.8) is 0 Å². The molecule has 0 saturated heterocycles. The van der Waals surface area contributed by atoms with Crippen LogP contribution in [-0.4, -0.2) is 29.9 Å². The molecule has 10 nitrogen and oxygen atoms in total. The zero-order valence-corrected chi connectivity index (χ0v) is 20.3. The van der Waals surface area contributed by atoms with E-state index in [2.05, 4.69) is 29.9 Å². The first kappa shape index (κ1) is 26.0. The molecule has 4 aromatic heterocycles. The largest absolute Gasteiger partial charge is 0.383 e. The lowest BCUT2D eigenvalue weighted by molar-refractivity contribution is 0.589. The number of fused-ring (bicyclic) bond motifs is 2. The third kappa shape index (κ3) is 4.92. The molecule has 4 heterocycles. The van der Waals surface area contributed by atoms with Crippen LogP contribution in [0.2, 0.25) is 0 Å². The summed E-state index contributed by atoms with van der Waals surface area (Å²) in [5, 5.41) is 0.983. The number of hydrogen-bond donors (Lipinski definition) is 4. The van der Waals surface area contributed by atoms with Crippen LogP contribution in [0, 0.1) is 23.3 Å². The van der Waals surface area contributed by atoms with Crippen molar-refractivity contribution in [2.24, 2.45) is 0 Å². The summed E-state index contributed by atoms with van der Waals surface area (Å²) >= 11 is 0. The number of aromatic nitrogens is 6. The average molecular weight is 546 g/mol. The number of anilines is 4. The van der Waals surface area contributed by atoms with Crippen molar-refractivity contribution in [3.8, 4) is 22.3 Å². The number of nitrogen functional groups attached to an aromatic ring is 4. The fraction of sp³-hybridized carbons (Fsp3) is 0. The van der Waals surface area contributed by atoms with E-state index in [-0.39, 0.29) is 57.1 Å². The highest BCUT2D eigenvalue weighted by Gasteiger charge is 2.17. The van der Waals surface area contributed by atoms with E-state index >= 15 is 0 Å². The van der Waals surface area contributed by atoms with Gasteiger partial charge in [0.25, 0.3) is 0 Å². The van der Waals surface area contributed by atoms with Crippen LogP contribution >= 0.6 is 0 Å². The second kappa shape index (κ2) is 10.2. The highest BCUT2D eigenvalue weighted by molar-refractivity contribution is 5.88. The molecule has 0 aliphatic carbocycles. The number of hydrogen-bond acceptors (Lipinski definition) is 10. The maximum absolute atomic E-state index is 13.8. The average Bonchev–Trinajstić information content (AvgIpc) is 2.89. The molecule has 0 aliphatic rings. The smallest absolute Gasteiger partial charge is 0.222 e. The van der Waals surface area contributed by atoms with Gasteiger partial charge in [-0.05, 0) is 36.4 Å². The summed E-state index contributed by atoms with van der Waals surface area (Å²) < 4.78 is 55.2. The van der Waals surface area contributed by atoms with Gasteiger partial charge in [-0.1, -0.05) is 12.1 Å². The Hall–Kier alpha value is -5.66. The van der Waals surface area contributed by atoms with E-state index in [9.17, 15) is 17.6 Å². The summed E-state index contributed by atoms with van der Waals surface area (Å²) in [4.78, 5) is 23.5. The zero-order valence-electron chi connectivity index (χ0n) is 20.3. The highest BCUT2D eigenvalue weighted by Crippen LogP contribution is 2.33. The van der Waals surface area contributed by atoms with Crippen LogP contribution in [0.5, 0.6) is 0 Å². The second-order valence-corrected chi connectivity index (χ2v) is 8.32. The van der Waals surface area contributed by atoms with E-state index in [4.69, 9.17) is 22.9 Å². The molecule has 0 radical (unpaired) electrons. The summed E-state index contributed by atoms with van der Waals surface area (Å²) in [7, 11) is 0. The SMILES string of the molecule is Nc1ncc2cc(-c3c(F)cccc3F)c(N)nc2n1.Nc1ncc2cc(-c3c(F)cccc3F)c(N)nc2n1. The quantitative estimate of drug-likeness (QED) is 0.229. The van der Waals surface area contributed by atoms with Crippen molar-refractivity contribution in [1.82, 2.24) is 29.9 Å². The summed E-state index contributed by atoms with van der Waals surface area (Å²) in [5.74, 6) is -2.81. The lowest BCUT2D eigenvalue weighted by atomic mass is 10.0. The van der Waals surface area contributed by atoms with Gasteiger partial charge in [-0.25, -0.2) is 37.5 Å². The molecule has 200 valence electrons. The van der Waals surface area contributed by atoms with Crippen molar-refractivity contribution < 1.29 is 17.6 Å². The fourth-order valence-electron chi connectivity index (χ4n) is 3.89. The monoisotopic (exact) mass is 546 g/mol. The zero-order chi connectivity index (χ0) is 28.6. The molecule has 40 heavy (non-hydrogen) atoms. The molecule has 2 aromatic carbocycles. The van der Waals surface area contributed by atoms with Crippen molar-refractivity contribution in [2.75, 3.05) is 22.9 Å². The Kier molecular flexibility index (Phi) is 6.65. The third-order valence-electron chi connectivity index (χ3n) is 5.70. The third-order valence-corrected chi connectivity index (χ3v) is 5.70. The van der Waals surface area contributed by atoms with Gasteiger partial charge in [0.2, 0.25) is 11.9 Å². The Morgan fingerprint density at radius 3 is 1.20 bits per heavy atom. The van der Waals surface area contributed by atoms with Crippen LogP contribution in [0.4, 0.5) is 41.1 Å². The number of halogens is 4. The topological polar surface area (TPSA) is 181 Å². The van der Waals surface area contributed by atoms with Crippen LogP contribution in [0.1, 0.15) is 0 Å². The van der Waals surface area contributed by atoms with Crippen LogP contribution in [0.15, 0.2) is 60.9 Å². The molecule has 0 saturated carbocycles. The van der Waals surface area contributed by atoms with E-state index in [0.29, 0.717) is 10.8 Å². The molecule has 0 bridgehead atoms. The van der Waals surface area contributed by atoms with Crippen LogP contribution < -0.4 is 22.9 Å². The highest BCUT2D eigenvalue weighted by atomic mass is 19.1. The predicted octanol–water partition coefficient (Wildman–Crippen LogP) is 4.27. The lowest BCUT2D eigenvalue weighted by Gasteiger charge is -2.09. The van der Waals surface area contributed by atoms with Crippen molar-refractivity contribution >= 4 is 45.6 Å². The Morgan fingerprint density at radius 2 is 0.850 bits per heavy atom. The summed E-state index contributed by atoms with van der Waals surface area (Å²) in [6.45, 7) is 0. The number of rotatable bonds is 2. The standard InChI is InChI=1S/2C13H9F2N5/c2*14-8-2-1-3-9(15)10(8)7-4-6-5-18-13(17)20-12(6)19-11(7)16/h2*1-5H,(H4,16,17,18,19,20). The Morgan fingerprint density at radius 1 is 0.500 bits per heavy atom. The predicted molar refractivity (Wildman–Crippen MR) is 143 cm³/mol. The van der Waals surface area contributed by atoms with Gasteiger partial charge in [-0.3, -0.25) is 0 Å². The van der Waals surface area contributed by atoms with Gasteiger partial charge >= 0.3 is 0 Å². The molecule has 14 heteroatoms. The molecule has 0 atom stereocenters. The molecule has 0 spiro atoms. The summed E-state index contributed by atoms with van der Waals surface area (Å²) in [6, 6.07) is 10.1. The lowest BCUT2D eigenvalue weighted by Crippen LogP contribution is -2.01. The van der Waals surface area contributed by atoms with E-state index in [0.717, 1.165) is 24.3 Å². The number of nitrogens with two attached hydrogens (primary N) is 4. The maximum Gasteiger partial charge on any atom is 0.222 e. The normalized spacial score (nSPS) is 10.9. The van der Waals surface area contributed by atoms with E-state index in [1.807, 2.05) is 0 Å². The number of benzene rings is 2. The number of nitrogens with zero attached hydrogens (tertiary/aromatic N) is 6. The molecular weight excluding hydrogens is 528 g/mol. The first-order valence-corrected chi connectivity index (χ1v) is 11.4. The van der Waals surface area contributed by atoms with Gasteiger partial charge in [-0.15, -0.1) is 0 Å². The van der Waals surface area contributed by atoms with Crippen LogP contribution in [-0.2, 0) is 0 Å². The molecule has 0 unspecified atom stereocenters. The second-order valence-electron chi connectivity index (χ2n) is 8.32. The van der Waals surface area contributed by atoms with Gasteiger partial charge in [-0.2, -0.15) is 9.97 Å². The van der Waals surface area contributed by atoms with Crippen molar-refractivity contribution in [3.05, 3.63) is 84.2 Å². The van der Waals surface area contributed by atoms with Gasteiger partial charge in [0, 0.05) is 34.3 Å². The molecule has 0 fully saturated rings. The fourth-order valence-corrected chi connectivity index (χ4v) is 3.89. The summed E-state index contributed by atoms with van der Waals surface area (Å²) in [6.07, 6.45) is 2.85. The molecule has 8 N–H and O–H groups in total. The maximum atomic E-state index is 13.8. The first-order chi connectivity index (χ1) is 19.1. The Balaban J connectivity index is 0.000000161. The van der Waals surface area contributed by atoms with Crippen molar-refractivity contribution in [1.29, 1.82) is 0 Å². The minimum atomic E-state index is -0.714. The molecule has 6 aromatic rings. The van der Waals surface area contributed by atoms with Crippen LogP contribution in [0.3, 0.4) is 0 Å². The molecular formula is C26H18F4N10. The van der Waals surface area contributed by atoms with Gasteiger partial charge in [0.1, 0.15) is 34.9 Å². The van der Waals surface area contributed by atoms with Gasteiger partial charge < -0.3 is 22.9 Å². The summed E-state index contributed by atoms with van der Waals surface area (Å²) in [5.41, 5.74) is 22.8. The van der Waals surface area contributed by atoms with E-state index < -0.39 is 23.3 Å². The Bertz CT molecular complexity index is 1740. The molecule has 6 rings (SSSR count). The van der Waals surface area contributed by atoms with E-state index in [1.165, 1.54) is 36.7 Å². The van der Waals surface area contributed by atoms with Gasteiger partial charge in [0.15, 0.2) is 11.3 Å². The minimum Gasteiger partial charge on any atom is -0.383 e. The molecule has 0 amide bonds. The van der Waals surface area contributed by atoms with Gasteiger partial charge in [0.05, 0.1) is 11.1 Å². The van der Waals surface area contributed by atoms with Crippen LogP contribution in [0.25, 0.3) is 44.3 Å². The minimum absolute atomic E-state index is 0.0281. The van der Waals surface area contributed by atoms with E-state index in [1.54, 1.807) is 0 Å². The first-order valence-electron chi connectivity index (χ1n) is 11.4. The molecule has 0 aliphatic heterocycles. The number of pyridine rings is 2. The Labute approximate surface area is 222 Å². The van der Waals surface area contributed by atoms with Crippen molar-refractivity contribution in [2.45, 2.75) is 0 Å².